The molecule has 0 aliphatic carbocycles. The minimum Gasteiger partial charge on any atom is -0.464 e. The molecular weight excluding hydrogens is 273 g/mol. The first-order valence-electron chi connectivity index (χ1n) is 3.56. The van der Waals surface area contributed by atoms with Crippen LogP contribution in [-0.4, -0.2) is 21.2 Å². The number of pyridine rings is 1. The van der Waals surface area contributed by atoms with Gasteiger partial charge >= 0.3 is 6.09 Å². The Morgan fingerprint density at radius 1 is 1.79 bits per heavy atom. The van der Waals surface area contributed by atoms with Gasteiger partial charge in [-0.15, -0.1) is 0 Å². The zero-order chi connectivity index (χ0) is 10.7. The van der Waals surface area contributed by atoms with Gasteiger partial charge in [0, 0.05) is 16.2 Å². The van der Waals surface area contributed by atoms with Crippen molar-refractivity contribution in [3.63, 3.8) is 0 Å². The lowest BCUT2D eigenvalue weighted by atomic mass is 10.3. The van der Waals surface area contributed by atoms with Crippen molar-refractivity contribution in [3.05, 3.63) is 27.5 Å². The molecule has 0 aromatic carbocycles. The molecule has 0 spiro atoms. The number of carboxylic acid groups (broad SMARTS) is 1. The van der Waals surface area contributed by atoms with Crippen molar-refractivity contribution in [1.29, 1.82) is 0 Å². The SMILES string of the molecule is NN(Cc1cc(Br)cnc1Cl)C(=O)O. The Morgan fingerprint density at radius 2 is 2.43 bits per heavy atom. The van der Waals surface area contributed by atoms with E-state index in [4.69, 9.17) is 22.6 Å². The zero-order valence-electron chi connectivity index (χ0n) is 6.94. The third-order valence-corrected chi connectivity index (χ3v) is 2.24. The van der Waals surface area contributed by atoms with Crippen molar-refractivity contribution >= 4 is 33.6 Å². The van der Waals surface area contributed by atoms with E-state index in [2.05, 4.69) is 20.9 Å². The Bertz CT molecular complexity index is 361. The molecule has 7 heteroatoms. The van der Waals surface area contributed by atoms with Gasteiger partial charge in [-0.05, 0) is 22.0 Å². The molecular formula is C7H7BrClN3O2. The van der Waals surface area contributed by atoms with E-state index in [1.165, 1.54) is 6.20 Å². The van der Waals surface area contributed by atoms with E-state index in [9.17, 15) is 4.79 Å². The van der Waals surface area contributed by atoms with E-state index >= 15 is 0 Å². The normalized spacial score (nSPS) is 9.93. The van der Waals surface area contributed by atoms with Crippen molar-refractivity contribution in [3.8, 4) is 0 Å². The van der Waals surface area contributed by atoms with Crippen molar-refractivity contribution in [2.24, 2.45) is 5.84 Å². The topological polar surface area (TPSA) is 79.5 Å². The summed E-state index contributed by atoms with van der Waals surface area (Å²) in [4.78, 5) is 14.3. The Hall–Kier alpha value is -0.850. The second kappa shape index (κ2) is 4.59. The number of hydrazine groups is 1. The van der Waals surface area contributed by atoms with Gasteiger partial charge in [0.15, 0.2) is 0 Å². The van der Waals surface area contributed by atoms with Crippen LogP contribution < -0.4 is 5.84 Å². The molecule has 0 unspecified atom stereocenters. The predicted octanol–water partition coefficient (Wildman–Crippen LogP) is 1.85. The quantitative estimate of drug-likeness (QED) is 0.375. The van der Waals surface area contributed by atoms with Crippen LogP contribution in [-0.2, 0) is 6.54 Å². The summed E-state index contributed by atoms with van der Waals surface area (Å²) in [6, 6.07) is 1.66. The second-order valence-electron chi connectivity index (χ2n) is 2.51. The molecule has 5 nitrogen and oxygen atoms in total. The van der Waals surface area contributed by atoms with Gasteiger partial charge in [-0.2, -0.15) is 0 Å². The van der Waals surface area contributed by atoms with Gasteiger partial charge in [0.2, 0.25) is 0 Å². The van der Waals surface area contributed by atoms with Crippen LogP contribution in [0.15, 0.2) is 16.7 Å². The van der Waals surface area contributed by atoms with E-state index in [1.54, 1.807) is 6.07 Å². The maximum Gasteiger partial charge on any atom is 0.421 e. The van der Waals surface area contributed by atoms with Gasteiger partial charge in [0.1, 0.15) is 5.15 Å². The zero-order valence-corrected chi connectivity index (χ0v) is 9.29. The summed E-state index contributed by atoms with van der Waals surface area (Å²) in [7, 11) is 0. The van der Waals surface area contributed by atoms with Crippen LogP contribution >= 0.6 is 27.5 Å². The average Bonchev–Trinajstić information content (AvgIpc) is 2.11. The highest BCUT2D eigenvalue weighted by Crippen LogP contribution is 2.18. The third-order valence-electron chi connectivity index (χ3n) is 1.46. The first-order valence-corrected chi connectivity index (χ1v) is 4.73. The Morgan fingerprint density at radius 3 is 3.00 bits per heavy atom. The van der Waals surface area contributed by atoms with Crippen molar-refractivity contribution in [1.82, 2.24) is 9.99 Å². The van der Waals surface area contributed by atoms with Crippen LogP contribution in [0.3, 0.4) is 0 Å². The number of amides is 1. The maximum absolute atomic E-state index is 10.4. The smallest absolute Gasteiger partial charge is 0.421 e. The maximum atomic E-state index is 10.4. The molecule has 0 radical (unpaired) electrons. The van der Waals surface area contributed by atoms with Gasteiger partial charge < -0.3 is 5.11 Å². The van der Waals surface area contributed by atoms with Gasteiger partial charge in [0.05, 0.1) is 6.54 Å². The van der Waals surface area contributed by atoms with Crippen LogP contribution in [0.25, 0.3) is 0 Å². The number of nitrogens with two attached hydrogens (primary N) is 1. The molecule has 0 aliphatic rings. The fourth-order valence-electron chi connectivity index (χ4n) is 0.827. The van der Waals surface area contributed by atoms with Crippen LogP contribution in [0.1, 0.15) is 5.56 Å². The largest absolute Gasteiger partial charge is 0.464 e. The highest BCUT2D eigenvalue weighted by Gasteiger charge is 2.10. The summed E-state index contributed by atoms with van der Waals surface area (Å²) in [5.74, 6) is 5.20. The van der Waals surface area contributed by atoms with E-state index in [0.29, 0.717) is 10.6 Å². The van der Waals surface area contributed by atoms with E-state index in [-0.39, 0.29) is 11.7 Å². The molecule has 0 fully saturated rings. The lowest BCUT2D eigenvalue weighted by Crippen LogP contribution is -2.35. The van der Waals surface area contributed by atoms with Crippen LogP contribution in [0.5, 0.6) is 0 Å². The number of halogens is 2. The van der Waals surface area contributed by atoms with E-state index < -0.39 is 6.09 Å². The molecule has 3 N–H and O–H groups in total. The van der Waals surface area contributed by atoms with Crippen molar-refractivity contribution in [2.45, 2.75) is 6.54 Å². The summed E-state index contributed by atoms with van der Waals surface area (Å²) < 4.78 is 0.718. The van der Waals surface area contributed by atoms with E-state index in [0.717, 1.165) is 4.47 Å². The molecule has 1 aromatic rings. The van der Waals surface area contributed by atoms with Crippen LogP contribution in [0.2, 0.25) is 5.15 Å². The average molecular weight is 281 g/mol. The van der Waals surface area contributed by atoms with Gasteiger partial charge in [0.25, 0.3) is 0 Å². The molecule has 76 valence electrons. The van der Waals surface area contributed by atoms with Crippen LogP contribution in [0.4, 0.5) is 4.79 Å². The summed E-state index contributed by atoms with van der Waals surface area (Å²) in [5.41, 5.74) is 0.547. The van der Waals surface area contributed by atoms with E-state index in [1.807, 2.05) is 0 Å². The molecule has 0 aliphatic heterocycles. The predicted molar refractivity (Wildman–Crippen MR) is 54.7 cm³/mol. The summed E-state index contributed by atoms with van der Waals surface area (Å²) in [6.45, 7) is 0.000602. The molecule has 1 heterocycles. The Labute approximate surface area is 93.6 Å². The second-order valence-corrected chi connectivity index (χ2v) is 3.79. The number of carbonyl (C=O) groups is 1. The minimum atomic E-state index is -1.22. The fraction of sp³-hybridized carbons (Fsp3) is 0.143. The number of rotatable bonds is 2. The molecule has 0 atom stereocenters. The number of aromatic nitrogens is 1. The monoisotopic (exact) mass is 279 g/mol. The third kappa shape index (κ3) is 2.83. The molecule has 14 heavy (non-hydrogen) atoms. The lowest BCUT2D eigenvalue weighted by Gasteiger charge is -2.12. The Balaban J connectivity index is 2.85. The minimum absolute atomic E-state index is 0.000602. The summed E-state index contributed by atoms with van der Waals surface area (Å²) in [5, 5.41) is 9.40. The Kier molecular flexibility index (Phi) is 3.68. The molecule has 0 bridgehead atoms. The first-order chi connectivity index (χ1) is 6.50. The first kappa shape index (κ1) is 11.2. The van der Waals surface area contributed by atoms with Crippen molar-refractivity contribution in [2.75, 3.05) is 0 Å². The standard InChI is InChI=1S/C7H7BrClN3O2/c8-5-1-4(6(9)11-2-5)3-12(10)7(13)14/h1-2H,3,10H2,(H,13,14). The van der Waals surface area contributed by atoms with Crippen molar-refractivity contribution < 1.29 is 9.90 Å². The molecule has 1 amide bonds. The number of hydrogen-bond acceptors (Lipinski definition) is 3. The highest BCUT2D eigenvalue weighted by molar-refractivity contribution is 9.10. The number of nitrogens with zero attached hydrogens (tertiary/aromatic N) is 2. The fourth-order valence-corrected chi connectivity index (χ4v) is 1.37. The van der Waals surface area contributed by atoms with Gasteiger partial charge in [-0.1, -0.05) is 11.6 Å². The highest BCUT2D eigenvalue weighted by atomic mass is 79.9. The molecule has 1 aromatic heterocycles. The molecule has 0 saturated heterocycles. The molecule has 1 rings (SSSR count). The number of hydrogen-bond donors (Lipinski definition) is 2. The van der Waals surface area contributed by atoms with Gasteiger partial charge in [-0.25, -0.2) is 20.6 Å². The lowest BCUT2D eigenvalue weighted by molar-refractivity contribution is 0.143. The van der Waals surface area contributed by atoms with Crippen LogP contribution in [0, 0.1) is 0 Å². The van der Waals surface area contributed by atoms with Gasteiger partial charge in [-0.3, -0.25) is 0 Å². The molecule has 0 saturated carbocycles. The summed E-state index contributed by atoms with van der Waals surface area (Å²) in [6.07, 6.45) is 0.300. The summed E-state index contributed by atoms with van der Waals surface area (Å²) >= 11 is 8.93.